The molecule has 1 aliphatic rings. The van der Waals surface area contributed by atoms with Gasteiger partial charge in [0, 0.05) is 6.42 Å². The molecule has 0 spiro atoms. The van der Waals surface area contributed by atoms with Crippen LogP contribution in [0.3, 0.4) is 0 Å². The normalized spacial score (nSPS) is 18.5. The summed E-state index contributed by atoms with van der Waals surface area (Å²) in [5.74, 6) is 0. The second-order valence-corrected chi connectivity index (χ2v) is 5.55. The minimum absolute atomic E-state index is 0.214. The zero-order valence-corrected chi connectivity index (χ0v) is 10.3. The van der Waals surface area contributed by atoms with E-state index in [1.807, 2.05) is 6.92 Å². The summed E-state index contributed by atoms with van der Waals surface area (Å²) in [6.07, 6.45) is 0.677. The number of nitrogens with one attached hydrogen (secondary N) is 1. The zero-order chi connectivity index (χ0) is 12.3. The first-order valence-corrected chi connectivity index (χ1v) is 6.78. The van der Waals surface area contributed by atoms with Crippen molar-refractivity contribution in [3.05, 3.63) is 29.8 Å². The maximum absolute atomic E-state index is 11.8. The number of hydrazone groups is 1. The van der Waals surface area contributed by atoms with Gasteiger partial charge in [0.05, 0.1) is 23.8 Å². The van der Waals surface area contributed by atoms with E-state index in [-0.39, 0.29) is 4.90 Å². The van der Waals surface area contributed by atoms with Crippen LogP contribution in [-0.4, -0.2) is 27.3 Å². The molecule has 5 nitrogen and oxygen atoms in total. The number of aryl methyl sites for hydroxylation is 1. The van der Waals surface area contributed by atoms with Crippen molar-refractivity contribution in [3.63, 3.8) is 0 Å². The third kappa shape index (κ3) is 3.04. The predicted molar refractivity (Wildman–Crippen MR) is 64.4 cm³/mol. The van der Waals surface area contributed by atoms with E-state index in [1.165, 1.54) is 0 Å². The number of hydrogen-bond donors (Lipinski definition) is 1. The number of hydrogen-bond acceptors (Lipinski definition) is 4. The molecule has 2 rings (SSSR count). The molecule has 1 aromatic rings. The molecule has 1 fully saturated rings. The minimum atomic E-state index is -3.56. The highest BCUT2D eigenvalue weighted by atomic mass is 32.2. The van der Waals surface area contributed by atoms with Crippen molar-refractivity contribution in [1.82, 2.24) is 4.83 Å². The van der Waals surface area contributed by atoms with Gasteiger partial charge in [0.1, 0.15) is 0 Å². The second kappa shape index (κ2) is 4.85. The Hall–Kier alpha value is -1.40. The van der Waals surface area contributed by atoms with Crippen LogP contribution in [-0.2, 0) is 14.8 Å². The van der Waals surface area contributed by atoms with Crippen LogP contribution in [0.1, 0.15) is 12.0 Å². The van der Waals surface area contributed by atoms with Gasteiger partial charge in [-0.05, 0) is 19.1 Å². The van der Waals surface area contributed by atoms with Crippen LogP contribution in [0.15, 0.2) is 34.3 Å². The molecule has 0 aromatic heterocycles. The van der Waals surface area contributed by atoms with E-state index in [2.05, 4.69) is 9.93 Å². The van der Waals surface area contributed by atoms with Crippen LogP contribution in [0.25, 0.3) is 0 Å². The molecule has 92 valence electrons. The quantitative estimate of drug-likeness (QED) is 0.820. The number of benzene rings is 1. The Balaban J connectivity index is 2.13. The van der Waals surface area contributed by atoms with E-state index in [4.69, 9.17) is 4.74 Å². The molecule has 6 heteroatoms. The Morgan fingerprint density at radius 2 is 2.00 bits per heavy atom. The Labute approximate surface area is 101 Å². The fourth-order valence-corrected chi connectivity index (χ4v) is 2.28. The summed E-state index contributed by atoms with van der Waals surface area (Å²) in [6.45, 7) is 2.90. The van der Waals surface area contributed by atoms with Crippen molar-refractivity contribution >= 4 is 15.7 Å². The third-order valence-corrected chi connectivity index (χ3v) is 3.68. The molecule has 0 saturated carbocycles. The molecule has 1 saturated heterocycles. The van der Waals surface area contributed by atoms with Crippen LogP contribution in [0, 0.1) is 6.92 Å². The monoisotopic (exact) mass is 254 g/mol. The van der Waals surface area contributed by atoms with Crippen LogP contribution < -0.4 is 4.83 Å². The molecule has 1 aliphatic heterocycles. The molecule has 17 heavy (non-hydrogen) atoms. The van der Waals surface area contributed by atoms with E-state index in [0.29, 0.717) is 19.6 Å². The summed E-state index contributed by atoms with van der Waals surface area (Å²) in [5.41, 5.74) is 1.74. The first-order valence-electron chi connectivity index (χ1n) is 5.29. The topological polar surface area (TPSA) is 67.8 Å². The SMILES string of the molecule is Cc1ccc(S(=O)(=O)NN=C2CCOC2)cc1. The van der Waals surface area contributed by atoms with Crippen molar-refractivity contribution < 1.29 is 13.2 Å². The number of sulfonamides is 1. The standard InChI is InChI=1S/C11H14N2O3S/c1-9-2-4-11(5-3-9)17(14,15)13-12-10-6-7-16-8-10/h2-5,13H,6-8H2,1H3. The van der Waals surface area contributed by atoms with E-state index >= 15 is 0 Å². The second-order valence-electron chi connectivity index (χ2n) is 3.89. The number of nitrogens with zero attached hydrogens (tertiary/aromatic N) is 1. The Morgan fingerprint density at radius 1 is 1.29 bits per heavy atom. The molecule has 1 N–H and O–H groups in total. The van der Waals surface area contributed by atoms with Crippen LogP contribution in [0.4, 0.5) is 0 Å². The Morgan fingerprint density at radius 3 is 2.59 bits per heavy atom. The lowest BCUT2D eigenvalue weighted by molar-refractivity contribution is 0.209. The predicted octanol–water partition coefficient (Wildman–Crippen LogP) is 1.05. The van der Waals surface area contributed by atoms with Gasteiger partial charge in [0.15, 0.2) is 0 Å². The van der Waals surface area contributed by atoms with E-state index in [0.717, 1.165) is 11.3 Å². The van der Waals surface area contributed by atoms with E-state index in [1.54, 1.807) is 24.3 Å². The first kappa shape index (κ1) is 12.1. The Kier molecular flexibility index (Phi) is 3.44. The Bertz CT molecular complexity index is 512. The summed E-state index contributed by atoms with van der Waals surface area (Å²) < 4.78 is 28.8. The van der Waals surface area contributed by atoms with Gasteiger partial charge in [-0.25, -0.2) is 4.83 Å². The summed E-state index contributed by atoms with van der Waals surface area (Å²) in [6, 6.07) is 6.62. The van der Waals surface area contributed by atoms with Gasteiger partial charge in [0.25, 0.3) is 10.0 Å². The van der Waals surface area contributed by atoms with Gasteiger partial charge < -0.3 is 4.74 Å². The van der Waals surface area contributed by atoms with Crippen molar-refractivity contribution in [2.24, 2.45) is 5.10 Å². The van der Waals surface area contributed by atoms with Crippen LogP contribution in [0.5, 0.6) is 0 Å². The summed E-state index contributed by atoms with van der Waals surface area (Å²) in [4.78, 5) is 2.43. The lowest BCUT2D eigenvalue weighted by Crippen LogP contribution is -2.20. The highest BCUT2D eigenvalue weighted by Crippen LogP contribution is 2.10. The van der Waals surface area contributed by atoms with Gasteiger partial charge >= 0.3 is 0 Å². The maximum Gasteiger partial charge on any atom is 0.276 e. The number of ether oxygens (including phenoxy) is 1. The van der Waals surface area contributed by atoms with Gasteiger partial charge in [0.2, 0.25) is 0 Å². The largest absolute Gasteiger partial charge is 0.375 e. The zero-order valence-electron chi connectivity index (χ0n) is 9.51. The molecular formula is C11H14N2O3S. The highest BCUT2D eigenvalue weighted by molar-refractivity contribution is 7.89. The van der Waals surface area contributed by atoms with Crippen molar-refractivity contribution in [2.75, 3.05) is 13.2 Å². The molecule has 0 radical (unpaired) electrons. The van der Waals surface area contributed by atoms with E-state index in [9.17, 15) is 8.42 Å². The lowest BCUT2D eigenvalue weighted by atomic mass is 10.2. The average Bonchev–Trinajstić information content (AvgIpc) is 2.80. The van der Waals surface area contributed by atoms with Gasteiger partial charge in [-0.1, -0.05) is 17.7 Å². The summed E-state index contributed by atoms with van der Waals surface area (Å²) in [5, 5.41) is 3.85. The molecule has 0 atom stereocenters. The molecule has 0 aliphatic carbocycles. The van der Waals surface area contributed by atoms with Gasteiger partial charge in [-0.3, -0.25) is 0 Å². The van der Waals surface area contributed by atoms with Gasteiger partial charge in [-0.2, -0.15) is 13.5 Å². The van der Waals surface area contributed by atoms with E-state index < -0.39 is 10.0 Å². The molecule has 1 heterocycles. The number of rotatable bonds is 3. The molecule has 0 unspecified atom stereocenters. The van der Waals surface area contributed by atoms with Crippen LogP contribution >= 0.6 is 0 Å². The first-order chi connectivity index (χ1) is 8.08. The van der Waals surface area contributed by atoms with Crippen molar-refractivity contribution in [3.8, 4) is 0 Å². The minimum Gasteiger partial charge on any atom is -0.375 e. The van der Waals surface area contributed by atoms with Crippen molar-refractivity contribution in [1.29, 1.82) is 0 Å². The molecule has 1 aromatic carbocycles. The smallest absolute Gasteiger partial charge is 0.276 e. The third-order valence-electron chi connectivity index (χ3n) is 2.46. The molecule has 0 amide bonds. The maximum atomic E-state index is 11.8. The van der Waals surface area contributed by atoms with Gasteiger partial charge in [-0.15, -0.1) is 0 Å². The van der Waals surface area contributed by atoms with Crippen molar-refractivity contribution in [2.45, 2.75) is 18.2 Å². The molecule has 0 bridgehead atoms. The summed E-state index contributed by atoms with van der Waals surface area (Å²) >= 11 is 0. The average molecular weight is 254 g/mol. The fourth-order valence-electron chi connectivity index (χ4n) is 1.44. The fraction of sp³-hybridized carbons (Fsp3) is 0.364. The van der Waals surface area contributed by atoms with Crippen LogP contribution in [0.2, 0.25) is 0 Å². The molecular weight excluding hydrogens is 240 g/mol. The summed E-state index contributed by atoms with van der Waals surface area (Å²) in [7, 11) is -3.56. The lowest BCUT2D eigenvalue weighted by Gasteiger charge is -2.04. The highest BCUT2D eigenvalue weighted by Gasteiger charge is 2.14.